The zero-order valence-corrected chi connectivity index (χ0v) is 15.7. The Morgan fingerprint density at radius 1 is 0.786 bits per heavy atom. The molecule has 0 saturated heterocycles. The smallest absolute Gasteiger partial charge is 0.195 e. The van der Waals surface area contributed by atoms with Crippen molar-refractivity contribution in [2.75, 3.05) is 0 Å². The molecule has 0 fully saturated rings. The van der Waals surface area contributed by atoms with E-state index in [0.717, 1.165) is 16.7 Å². The van der Waals surface area contributed by atoms with E-state index in [1.165, 1.54) is 0 Å². The van der Waals surface area contributed by atoms with Gasteiger partial charge in [-0.15, -0.1) is 0 Å². The standard InChI is InChI=1S/C23H18ClN3O/c24-22(26-28)21-16-27(17-25-21)23(18-10-4-1-5-11-18,19-12-6-2-7-13-19)20-14-8-3-9-15-20/h1-17,28H. The topological polar surface area (TPSA) is 50.4 Å². The molecule has 0 atom stereocenters. The molecule has 4 nitrogen and oxygen atoms in total. The summed E-state index contributed by atoms with van der Waals surface area (Å²) in [5, 5.41) is 12.1. The number of hydrogen-bond donors (Lipinski definition) is 1. The largest absolute Gasteiger partial charge is 0.410 e. The lowest BCUT2D eigenvalue weighted by atomic mass is 9.77. The molecule has 4 rings (SSSR count). The Balaban J connectivity index is 2.09. The molecule has 1 heterocycles. The maximum atomic E-state index is 9.06. The van der Waals surface area contributed by atoms with E-state index in [0.29, 0.717) is 5.69 Å². The molecule has 3 aromatic carbocycles. The summed E-state index contributed by atoms with van der Waals surface area (Å²) in [7, 11) is 0. The van der Waals surface area contributed by atoms with E-state index in [1.54, 1.807) is 12.5 Å². The van der Waals surface area contributed by atoms with Crippen molar-refractivity contribution in [1.82, 2.24) is 9.55 Å². The number of halogens is 1. The van der Waals surface area contributed by atoms with Gasteiger partial charge >= 0.3 is 0 Å². The highest BCUT2D eigenvalue weighted by molar-refractivity contribution is 6.69. The molecule has 0 radical (unpaired) electrons. The Hall–Kier alpha value is -3.37. The summed E-state index contributed by atoms with van der Waals surface area (Å²) in [4.78, 5) is 4.37. The van der Waals surface area contributed by atoms with Gasteiger partial charge in [0.15, 0.2) is 5.17 Å². The molecule has 0 spiro atoms. The van der Waals surface area contributed by atoms with Crippen LogP contribution in [0.5, 0.6) is 0 Å². The average Bonchev–Trinajstić information content (AvgIpc) is 3.26. The van der Waals surface area contributed by atoms with Crippen LogP contribution in [0.3, 0.4) is 0 Å². The van der Waals surface area contributed by atoms with Crippen molar-refractivity contribution in [3.05, 3.63) is 126 Å². The fourth-order valence-corrected chi connectivity index (χ4v) is 3.75. The monoisotopic (exact) mass is 387 g/mol. The fraction of sp³-hybridized carbons (Fsp3) is 0.0435. The third-order valence-electron chi connectivity index (χ3n) is 4.84. The third kappa shape index (κ3) is 2.98. The maximum Gasteiger partial charge on any atom is 0.195 e. The van der Waals surface area contributed by atoms with Gasteiger partial charge in [-0.2, -0.15) is 0 Å². The molecule has 0 bridgehead atoms. The van der Waals surface area contributed by atoms with Crippen LogP contribution in [-0.4, -0.2) is 19.9 Å². The number of rotatable bonds is 5. The van der Waals surface area contributed by atoms with Crippen molar-refractivity contribution in [2.45, 2.75) is 5.54 Å². The van der Waals surface area contributed by atoms with Crippen LogP contribution in [0.25, 0.3) is 0 Å². The van der Waals surface area contributed by atoms with Gasteiger partial charge < -0.3 is 9.77 Å². The highest BCUT2D eigenvalue weighted by atomic mass is 35.5. The van der Waals surface area contributed by atoms with Gasteiger partial charge in [0.05, 0.1) is 6.33 Å². The Morgan fingerprint density at radius 2 is 1.21 bits per heavy atom. The summed E-state index contributed by atoms with van der Waals surface area (Å²) < 4.78 is 2.01. The number of hydrogen-bond acceptors (Lipinski definition) is 3. The molecule has 1 aromatic heterocycles. The first-order valence-electron chi connectivity index (χ1n) is 8.86. The van der Waals surface area contributed by atoms with Crippen molar-refractivity contribution >= 4 is 16.8 Å². The normalized spacial score (nSPS) is 12.1. The van der Waals surface area contributed by atoms with Gasteiger partial charge in [-0.1, -0.05) is 108 Å². The third-order valence-corrected chi connectivity index (χ3v) is 5.11. The second-order valence-electron chi connectivity index (χ2n) is 6.37. The predicted molar refractivity (Wildman–Crippen MR) is 111 cm³/mol. The Labute approximate surface area is 168 Å². The highest BCUT2D eigenvalue weighted by Crippen LogP contribution is 2.40. The summed E-state index contributed by atoms with van der Waals surface area (Å²) in [6.45, 7) is 0. The summed E-state index contributed by atoms with van der Waals surface area (Å²) in [6, 6.07) is 30.7. The Bertz CT molecular complexity index is 980. The van der Waals surface area contributed by atoms with Crippen molar-refractivity contribution in [3.63, 3.8) is 0 Å². The zero-order chi connectivity index (χ0) is 19.4. The lowest BCUT2D eigenvalue weighted by molar-refractivity contribution is 0.320. The molecule has 0 aliphatic heterocycles. The minimum atomic E-state index is -0.665. The van der Waals surface area contributed by atoms with E-state index >= 15 is 0 Å². The van der Waals surface area contributed by atoms with Crippen LogP contribution < -0.4 is 0 Å². The van der Waals surface area contributed by atoms with E-state index in [2.05, 4.69) is 46.5 Å². The van der Waals surface area contributed by atoms with E-state index in [4.69, 9.17) is 16.8 Å². The first-order valence-corrected chi connectivity index (χ1v) is 9.23. The van der Waals surface area contributed by atoms with E-state index in [1.807, 2.05) is 59.2 Å². The van der Waals surface area contributed by atoms with Gasteiger partial charge in [0, 0.05) is 6.20 Å². The second-order valence-corrected chi connectivity index (χ2v) is 6.72. The zero-order valence-electron chi connectivity index (χ0n) is 15.0. The summed E-state index contributed by atoms with van der Waals surface area (Å²) in [5.74, 6) is 0. The van der Waals surface area contributed by atoms with Gasteiger partial charge in [-0.3, -0.25) is 0 Å². The van der Waals surface area contributed by atoms with Crippen LogP contribution in [0, 0.1) is 0 Å². The summed E-state index contributed by atoms with van der Waals surface area (Å²) >= 11 is 6.02. The molecular formula is C23H18ClN3O. The molecular weight excluding hydrogens is 370 g/mol. The predicted octanol–water partition coefficient (Wildman–Crippen LogP) is 5.10. The SMILES string of the molecule is ON=C(Cl)c1cn(C(c2ccccc2)(c2ccccc2)c2ccccc2)cn1. The molecule has 0 saturated carbocycles. The average molecular weight is 388 g/mol. The summed E-state index contributed by atoms with van der Waals surface area (Å²) in [6.07, 6.45) is 3.52. The molecule has 0 aliphatic carbocycles. The Morgan fingerprint density at radius 3 is 1.61 bits per heavy atom. The Kier molecular flexibility index (Phi) is 4.96. The van der Waals surface area contributed by atoms with Crippen LogP contribution in [0.15, 0.2) is 109 Å². The molecule has 5 heteroatoms. The van der Waals surface area contributed by atoms with Crippen LogP contribution in [-0.2, 0) is 5.54 Å². The lowest BCUT2D eigenvalue weighted by Gasteiger charge is -2.37. The van der Waals surface area contributed by atoms with Gasteiger partial charge in [0.1, 0.15) is 11.2 Å². The molecule has 0 unspecified atom stereocenters. The molecule has 0 aliphatic rings. The van der Waals surface area contributed by atoms with Crippen molar-refractivity contribution in [2.24, 2.45) is 5.16 Å². The fourth-order valence-electron chi connectivity index (χ4n) is 3.65. The number of imidazole rings is 1. The summed E-state index contributed by atoms with van der Waals surface area (Å²) in [5.41, 5.74) is 2.97. The van der Waals surface area contributed by atoms with Crippen LogP contribution >= 0.6 is 11.6 Å². The van der Waals surface area contributed by atoms with Crippen molar-refractivity contribution < 1.29 is 5.21 Å². The minimum Gasteiger partial charge on any atom is -0.410 e. The maximum absolute atomic E-state index is 9.06. The quantitative estimate of drug-likeness (QED) is 0.224. The lowest BCUT2D eigenvalue weighted by Crippen LogP contribution is -2.37. The minimum absolute atomic E-state index is 0.0539. The van der Waals surface area contributed by atoms with Gasteiger partial charge in [0.2, 0.25) is 0 Å². The molecule has 138 valence electrons. The van der Waals surface area contributed by atoms with Crippen LogP contribution in [0.1, 0.15) is 22.4 Å². The van der Waals surface area contributed by atoms with Crippen LogP contribution in [0.2, 0.25) is 0 Å². The van der Waals surface area contributed by atoms with E-state index < -0.39 is 5.54 Å². The van der Waals surface area contributed by atoms with Gasteiger partial charge in [0.25, 0.3) is 0 Å². The molecule has 0 amide bonds. The number of aromatic nitrogens is 2. The van der Waals surface area contributed by atoms with Crippen LogP contribution in [0.4, 0.5) is 0 Å². The van der Waals surface area contributed by atoms with Gasteiger partial charge in [-0.25, -0.2) is 4.98 Å². The first-order chi connectivity index (χ1) is 13.8. The molecule has 28 heavy (non-hydrogen) atoms. The van der Waals surface area contributed by atoms with E-state index in [9.17, 15) is 0 Å². The number of nitrogens with zero attached hydrogens (tertiary/aromatic N) is 3. The first kappa shape index (κ1) is 18.0. The van der Waals surface area contributed by atoms with Gasteiger partial charge in [-0.05, 0) is 16.7 Å². The second kappa shape index (κ2) is 7.71. The molecule has 4 aromatic rings. The number of benzene rings is 3. The highest BCUT2D eigenvalue weighted by Gasteiger charge is 2.38. The van der Waals surface area contributed by atoms with Crippen molar-refractivity contribution in [1.29, 1.82) is 0 Å². The van der Waals surface area contributed by atoms with Crippen molar-refractivity contribution in [3.8, 4) is 0 Å². The number of oxime groups is 1. The molecule has 1 N–H and O–H groups in total. The van der Waals surface area contributed by atoms with E-state index in [-0.39, 0.29) is 5.17 Å².